The summed E-state index contributed by atoms with van der Waals surface area (Å²) < 4.78 is 0. The maximum absolute atomic E-state index is 10.7. The van der Waals surface area contributed by atoms with E-state index in [0.717, 1.165) is 12.3 Å². The van der Waals surface area contributed by atoms with Crippen LogP contribution in [0.25, 0.3) is 0 Å². The van der Waals surface area contributed by atoms with Gasteiger partial charge in [0, 0.05) is 6.42 Å². The highest BCUT2D eigenvalue weighted by molar-refractivity contribution is 5.66. The molecule has 0 radical (unpaired) electrons. The minimum atomic E-state index is -0.662. The van der Waals surface area contributed by atoms with Crippen molar-refractivity contribution in [2.24, 2.45) is 17.8 Å². The summed E-state index contributed by atoms with van der Waals surface area (Å²) in [7, 11) is 0. The van der Waals surface area contributed by atoms with Crippen LogP contribution >= 0.6 is 0 Å². The van der Waals surface area contributed by atoms with E-state index in [0.29, 0.717) is 18.3 Å². The number of aliphatic carboxylic acids is 1. The SMILES string of the molecule is CCCCCCCCC(C)CC(C)CC(C)CC(=O)O. The smallest absolute Gasteiger partial charge is 0.303 e. The lowest BCUT2D eigenvalue weighted by molar-refractivity contribution is -0.138. The highest BCUT2D eigenvalue weighted by Crippen LogP contribution is 2.24. The summed E-state index contributed by atoms with van der Waals surface area (Å²) in [6, 6.07) is 0. The molecule has 0 amide bonds. The van der Waals surface area contributed by atoms with Gasteiger partial charge < -0.3 is 5.11 Å². The average molecular weight is 284 g/mol. The first-order valence-corrected chi connectivity index (χ1v) is 8.67. The van der Waals surface area contributed by atoms with Crippen LogP contribution in [0.3, 0.4) is 0 Å². The van der Waals surface area contributed by atoms with E-state index in [4.69, 9.17) is 5.11 Å². The molecule has 0 spiro atoms. The largest absolute Gasteiger partial charge is 0.481 e. The third-order valence-electron chi connectivity index (χ3n) is 4.18. The van der Waals surface area contributed by atoms with Gasteiger partial charge in [-0.05, 0) is 30.6 Å². The molecule has 1 N–H and O–H groups in total. The van der Waals surface area contributed by atoms with E-state index in [1.807, 2.05) is 0 Å². The molecule has 3 atom stereocenters. The Hall–Kier alpha value is -0.530. The van der Waals surface area contributed by atoms with Gasteiger partial charge in [-0.15, -0.1) is 0 Å². The van der Waals surface area contributed by atoms with Crippen molar-refractivity contribution in [2.45, 2.75) is 91.9 Å². The topological polar surface area (TPSA) is 37.3 Å². The quantitative estimate of drug-likeness (QED) is 0.427. The highest BCUT2D eigenvalue weighted by Gasteiger charge is 2.14. The summed E-state index contributed by atoms with van der Waals surface area (Å²) >= 11 is 0. The van der Waals surface area contributed by atoms with E-state index in [1.54, 1.807) is 0 Å². The van der Waals surface area contributed by atoms with E-state index in [-0.39, 0.29) is 0 Å². The minimum Gasteiger partial charge on any atom is -0.481 e. The van der Waals surface area contributed by atoms with E-state index in [2.05, 4.69) is 27.7 Å². The molecule has 3 unspecified atom stereocenters. The molecule has 0 aromatic rings. The molecule has 0 aliphatic carbocycles. The number of rotatable bonds is 13. The van der Waals surface area contributed by atoms with Crippen LogP contribution in [-0.2, 0) is 4.79 Å². The van der Waals surface area contributed by atoms with Gasteiger partial charge in [0.1, 0.15) is 0 Å². The van der Waals surface area contributed by atoms with Gasteiger partial charge in [0.25, 0.3) is 0 Å². The molecule has 2 nitrogen and oxygen atoms in total. The van der Waals surface area contributed by atoms with Crippen LogP contribution in [0.2, 0.25) is 0 Å². The second kappa shape index (κ2) is 12.2. The minimum absolute atomic E-state index is 0.309. The molecule has 120 valence electrons. The zero-order chi connectivity index (χ0) is 15.4. The maximum atomic E-state index is 10.7. The molecule has 0 rings (SSSR count). The van der Waals surface area contributed by atoms with Crippen LogP contribution in [-0.4, -0.2) is 11.1 Å². The van der Waals surface area contributed by atoms with Crippen LogP contribution in [0.15, 0.2) is 0 Å². The molecule has 0 aromatic heterocycles. The molecule has 0 saturated carbocycles. The first-order valence-electron chi connectivity index (χ1n) is 8.67. The fourth-order valence-corrected chi connectivity index (χ4v) is 3.24. The molecule has 0 aromatic carbocycles. The summed E-state index contributed by atoms with van der Waals surface area (Å²) in [5.74, 6) is 1.08. The predicted octanol–water partition coefficient (Wildman–Crippen LogP) is 5.90. The second-order valence-corrected chi connectivity index (χ2v) is 6.94. The van der Waals surface area contributed by atoms with Gasteiger partial charge in [-0.1, -0.05) is 72.6 Å². The van der Waals surface area contributed by atoms with Crippen molar-refractivity contribution in [3.63, 3.8) is 0 Å². The van der Waals surface area contributed by atoms with Crippen LogP contribution in [0.5, 0.6) is 0 Å². The molecule has 0 heterocycles. The van der Waals surface area contributed by atoms with Crippen molar-refractivity contribution in [3.8, 4) is 0 Å². The summed E-state index contributed by atoms with van der Waals surface area (Å²) in [5, 5.41) is 8.78. The summed E-state index contributed by atoms with van der Waals surface area (Å²) in [4.78, 5) is 10.7. The average Bonchev–Trinajstić information content (AvgIpc) is 2.32. The van der Waals surface area contributed by atoms with E-state index in [1.165, 1.54) is 51.4 Å². The Morgan fingerprint density at radius 1 is 0.850 bits per heavy atom. The van der Waals surface area contributed by atoms with Crippen LogP contribution in [0, 0.1) is 17.8 Å². The second-order valence-electron chi connectivity index (χ2n) is 6.94. The Morgan fingerprint density at radius 2 is 1.40 bits per heavy atom. The molecular formula is C18H36O2. The number of hydrogen-bond donors (Lipinski definition) is 1. The van der Waals surface area contributed by atoms with Crippen LogP contribution < -0.4 is 0 Å². The van der Waals surface area contributed by atoms with Crippen molar-refractivity contribution in [3.05, 3.63) is 0 Å². The van der Waals surface area contributed by atoms with Crippen molar-refractivity contribution < 1.29 is 9.90 Å². The number of carbonyl (C=O) groups is 1. The standard InChI is InChI=1S/C18H36O2/c1-5-6-7-8-9-10-11-15(2)12-16(3)13-17(4)14-18(19)20/h15-17H,5-14H2,1-4H3,(H,19,20). The molecule has 0 saturated heterocycles. The van der Waals surface area contributed by atoms with Gasteiger partial charge in [0.05, 0.1) is 0 Å². The van der Waals surface area contributed by atoms with Gasteiger partial charge in [0.2, 0.25) is 0 Å². The van der Waals surface area contributed by atoms with Crippen LogP contribution in [0.4, 0.5) is 0 Å². The molecule has 0 fully saturated rings. The summed E-state index contributed by atoms with van der Waals surface area (Å²) in [6.07, 6.45) is 12.2. The molecule has 0 bridgehead atoms. The van der Waals surface area contributed by atoms with E-state index >= 15 is 0 Å². The van der Waals surface area contributed by atoms with Gasteiger partial charge in [-0.25, -0.2) is 0 Å². The van der Waals surface area contributed by atoms with E-state index in [9.17, 15) is 4.79 Å². The fourth-order valence-electron chi connectivity index (χ4n) is 3.24. The molecule has 2 heteroatoms. The first kappa shape index (κ1) is 19.5. The van der Waals surface area contributed by atoms with E-state index < -0.39 is 5.97 Å². The number of carboxylic acids is 1. The Balaban J connectivity index is 3.58. The zero-order valence-electron chi connectivity index (χ0n) is 14.2. The number of hydrogen-bond acceptors (Lipinski definition) is 1. The Morgan fingerprint density at radius 3 is 2.00 bits per heavy atom. The highest BCUT2D eigenvalue weighted by atomic mass is 16.4. The fraction of sp³-hybridized carbons (Fsp3) is 0.944. The Kier molecular flexibility index (Phi) is 11.9. The summed E-state index contributed by atoms with van der Waals surface area (Å²) in [6.45, 7) is 8.94. The van der Waals surface area contributed by atoms with Gasteiger partial charge in [-0.3, -0.25) is 4.79 Å². The molecule has 20 heavy (non-hydrogen) atoms. The van der Waals surface area contributed by atoms with Crippen molar-refractivity contribution in [2.75, 3.05) is 0 Å². The van der Waals surface area contributed by atoms with Crippen molar-refractivity contribution >= 4 is 5.97 Å². The molecule has 0 aliphatic heterocycles. The number of unbranched alkanes of at least 4 members (excludes halogenated alkanes) is 5. The molecule has 0 aliphatic rings. The predicted molar refractivity (Wildman–Crippen MR) is 87.0 cm³/mol. The first-order chi connectivity index (χ1) is 9.45. The van der Waals surface area contributed by atoms with Crippen molar-refractivity contribution in [1.82, 2.24) is 0 Å². The monoisotopic (exact) mass is 284 g/mol. The van der Waals surface area contributed by atoms with Crippen molar-refractivity contribution in [1.29, 1.82) is 0 Å². The van der Waals surface area contributed by atoms with Gasteiger partial charge in [-0.2, -0.15) is 0 Å². The lowest BCUT2D eigenvalue weighted by Crippen LogP contribution is -2.11. The summed E-state index contributed by atoms with van der Waals surface area (Å²) in [5.41, 5.74) is 0. The van der Waals surface area contributed by atoms with Gasteiger partial charge in [0.15, 0.2) is 0 Å². The lowest BCUT2D eigenvalue weighted by Gasteiger charge is -2.20. The van der Waals surface area contributed by atoms with Crippen LogP contribution in [0.1, 0.15) is 91.9 Å². The third kappa shape index (κ3) is 12.5. The Labute approximate surface area is 126 Å². The van der Waals surface area contributed by atoms with Gasteiger partial charge >= 0.3 is 5.97 Å². The Bertz CT molecular complexity index is 238. The normalized spacial score (nSPS) is 15.8. The lowest BCUT2D eigenvalue weighted by atomic mass is 9.86. The zero-order valence-corrected chi connectivity index (χ0v) is 14.2. The maximum Gasteiger partial charge on any atom is 0.303 e. The molecular weight excluding hydrogens is 248 g/mol. The number of carboxylic acid groups (broad SMARTS) is 1. The third-order valence-corrected chi connectivity index (χ3v) is 4.18.